The van der Waals surface area contributed by atoms with Gasteiger partial charge >= 0.3 is 0 Å². The van der Waals surface area contributed by atoms with Crippen LogP contribution in [0.4, 0.5) is 11.6 Å². The number of amides is 1. The maximum absolute atomic E-state index is 12.7. The van der Waals surface area contributed by atoms with Crippen LogP contribution in [-0.4, -0.2) is 35.1 Å². The summed E-state index contributed by atoms with van der Waals surface area (Å²) in [5.41, 5.74) is 3.57. The third kappa shape index (κ3) is 4.51. The quantitative estimate of drug-likeness (QED) is 0.830. The summed E-state index contributed by atoms with van der Waals surface area (Å²) < 4.78 is 5.59. The maximum atomic E-state index is 12.7. The summed E-state index contributed by atoms with van der Waals surface area (Å²) in [5.74, 6) is 0.113. The molecule has 0 saturated carbocycles. The third-order valence-electron chi connectivity index (χ3n) is 4.27. The van der Waals surface area contributed by atoms with E-state index in [1.165, 1.54) is 0 Å². The zero-order valence-corrected chi connectivity index (χ0v) is 16.0. The predicted octanol–water partition coefficient (Wildman–Crippen LogP) is 3.90. The number of anilines is 2. The molecule has 1 aliphatic heterocycles. The Labute approximate surface area is 158 Å². The Balaban J connectivity index is 1.74. The van der Waals surface area contributed by atoms with Crippen molar-refractivity contribution in [1.29, 1.82) is 0 Å². The predicted molar refractivity (Wildman–Crippen MR) is 103 cm³/mol. The first-order valence-corrected chi connectivity index (χ1v) is 9.09. The van der Waals surface area contributed by atoms with Crippen LogP contribution in [0.5, 0.6) is 0 Å². The second-order valence-corrected chi connectivity index (χ2v) is 7.03. The van der Waals surface area contributed by atoms with Crippen LogP contribution < -0.4 is 10.6 Å². The van der Waals surface area contributed by atoms with Crippen LogP contribution >= 0.6 is 11.6 Å². The molecule has 1 fully saturated rings. The lowest BCUT2D eigenvalue weighted by molar-refractivity contribution is 0.102. The molecule has 0 bridgehead atoms. The van der Waals surface area contributed by atoms with Crippen LogP contribution in [0, 0.1) is 20.8 Å². The molecule has 1 atom stereocenters. The van der Waals surface area contributed by atoms with E-state index in [1.54, 1.807) is 6.07 Å². The van der Waals surface area contributed by atoms with E-state index in [9.17, 15) is 4.79 Å². The van der Waals surface area contributed by atoms with Gasteiger partial charge < -0.3 is 15.4 Å². The van der Waals surface area contributed by atoms with Crippen molar-refractivity contribution in [3.63, 3.8) is 0 Å². The number of hydrogen-bond acceptors (Lipinski definition) is 5. The number of benzene rings is 1. The highest BCUT2D eigenvalue weighted by Gasteiger charge is 2.17. The summed E-state index contributed by atoms with van der Waals surface area (Å²) in [7, 11) is 0. The van der Waals surface area contributed by atoms with Gasteiger partial charge in [-0.25, -0.2) is 9.97 Å². The van der Waals surface area contributed by atoms with Crippen molar-refractivity contribution in [2.75, 3.05) is 23.8 Å². The molecule has 6 nitrogen and oxygen atoms in total. The summed E-state index contributed by atoms with van der Waals surface area (Å²) in [6, 6.07) is 5.45. The maximum Gasteiger partial charge on any atom is 0.274 e. The van der Waals surface area contributed by atoms with Crippen molar-refractivity contribution in [3.8, 4) is 0 Å². The van der Waals surface area contributed by atoms with E-state index in [1.807, 2.05) is 32.9 Å². The Morgan fingerprint density at radius 3 is 2.77 bits per heavy atom. The second kappa shape index (κ2) is 8.01. The lowest BCUT2D eigenvalue weighted by Gasteiger charge is -2.13. The van der Waals surface area contributed by atoms with Gasteiger partial charge in [-0.1, -0.05) is 17.7 Å². The van der Waals surface area contributed by atoms with E-state index >= 15 is 0 Å². The van der Waals surface area contributed by atoms with Gasteiger partial charge in [0, 0.05) is 18.8 Å². The Kier molecular flexibility index (Phi) is 5.74. The minimum absolute atomic E-state index is 0.172. The molecule has 1 amide bonds. The first kappa shape index (κ1) is 18.6. The average molecular weight is 375 g/mol. The minimum atomic E-state index is -0.315. The van der Waals surface area contributed by atoms with Crippen molar-refractivity contribution in [1.82, 2.24) is 9.97 Å². The molecule has 138 valence electrons. The smallest absolute Gasteiger partial charge is 0.274 e. The number of rotatable bonds is 5. The molecule has 2 N–H and O–H groups in total. The average Bonchev–Trinajstić information content (AvgIpc) is 3.09. The molecule has 1 aliphatic rings. The van der Waals surface area contributed by atoms with Gasteiger partial charge in [0.05, 0.1) is 16.8 Å². The first-order valence-electron chi connectivity index (χ1n) is 8.71. The monoisotopic (exact) mass is 374 g/mol. The van der Waals surface area contributed by atoms with Gasteiger partial charge in [-0.3, -0.25) is 4.79 Å². The normalized spacial score (nSPS) is 16.5. The number of hydrogen-bond donors (Lipinski definition) is 2. The van der Waals surface area contributed by atoms with E-state index in [0.29, 0.717) is 34.6 Å². The van der Waals surface area contributed by atoms with Crippen molar-refractivity contribution < 1.29 is 9.53 Å². The van der Waals surface area contributed by atoms with Crippen LogP contribution in [0.3, 0.4) is 0 Å². The summed E-state index contributed by atoms with van der Waals surface area (Å²) in [6.45, 7) is 7.14. The highest BCUT2D eigenvalue weighted by atomic mass is 35.5. The highest BCUT2D eigenvalue weighted by Crippen LogP contribution is 2.27. The second-order valence-electron chi connectivity index (χ2n) is 6.63. The van der Waals surface area contributed by atoms with E-state index in [4.69, 9.17) is 16.3 Å². The molecular weight excluding hydrogens is 352 g/mol. The van der Waals surface area contributed by atoms with Gasteiger partial charge in [-0.2, -0.15) is 0 Å². The molecule has 0 spiro atoms. The number of aromatic nitrogens is 2. The standard InChI is InChI=1S/C19H23ClN4O2/c1-11-7-12(2)17(15(20)8-11)24-18(25)16-9-13(3)22-19(23-16)21-10-14-5-4-6-26-14/h7-9,14H,4-6,10H2,1-3H3,(H,24,25)(H,21,22,23). The van der Waals surface area contributed by atoms with Gasteiger partial charge in [0.15, 0.2) is 0 Å². The molecule has 0 radical (unpaired) electrons. The van der Waals surface area contributed by atoms with Crippen LogP contribution in [0.15, 0.2) is 18.2 Å². The fraction of sp³-hybridized carbons (Fsp3) is 0.421. The van der Waals surface area contributed by atoms with Crippen LogP contribution in [-0.2, 0) is 4.74 Å². The van der Waals surface area contributed by atoms with Gasteiger partial charge in [-0.15, -0.1) is 0 Å². The topological polar surface area (TPSA) is 76.1 Å². The van der Waals surface area contributed by atoms with E-state index in [2.05, 4.69) is 20.6 Å². The number of ether oxygens (including phenoxy) is 1. The van der Waals surface area contributed by atoms with Crippen molar-refractivity contribution in [3.05, 3.63) is 45.7 Å². The molecular formula is C19H23ClN4O2. The molecule has 0 aliphatic carbocycles. The molecule has 3 rings (SSSR count). The lowest BCUT2D eigenvalue weighted by Crippen LogP contribution is -2.21. The molecule has 2 heterocycles. The van der Waals surface area contributed by atoms with E-state index in [-0.39, 0.29) is 12.0 Å². The molecule has 1 saturated heterocycles. The molecule has 1 aromatic carbocycles. The van der Waals surface area contributed by atoms with Crippen LogP contribution in [0.1, 0.15) is 40.2 Å². The fourth-order valence-electron chi connectivity index (χ4n) is 3.03. The lowest BCUT2D eigenvalue weighted by atomic mass is 10.1. The van der Waals surface area contributed by atoms with Crippen molar-refractivity contribution in [2.24, 2.45) is 0 Å². The van der Waals surface area contributed by atoms with Gasteiger partial charge in [0.25, 0.3) is 5.91 Å². The summed E-state index contributed by atoms with van der Waals surface area (Å²) in [4.78, 5) is 21.3. The molecule has 2 aromatic rings. The molecule has 1 aromatic heterocycles. The Hall–Kier alpha value is -2.18. The number of aryl methyl sites for hydroxylation is 3. The van der Waals surface area contributed by atoms with Crippen molar-refractivity contribution in [2.45, 2.75) is 39.7 Å². The number of carbonyl (C=O) groups excluding carboxylic acids is 1. The largest absolute Gasteiger partial charge is 0.376 e. The van der Waals surface area contributed by atoms with Gasteiger partial charge in [0.1, 0.15) is 5.69 Å². The van der Waals surface area contributed by atoms with Gasteiger partial charge in [0.2, 0.25) is 5.95 Å². The van der Waals surface area contributed by atoms with E-state index < -0.39 is 0 Å². The first-order chi connectivity index (χ1) is 12.4. The molecule has 1 unspecified atom stereocenters. The summed E-state index contributed by atoms with van der Waals surface area (Å²) in [6.07, 6.45) is 2.27. The Morgan fingerprint density at radius 1 is 1.27 bits per heavy atom. The SMILES string of the molecule is Cc1cc(C)c(NC(=O)c2cc(C)nc(NCC3CCCO3)n2)c(Cl)c1. The fourth-order valence-corrected chi connectivity index (χ4v) is 3.39. The summed E-state index contributed by atoms with van der Waals surface area (Å²) >= 11 is 6.28. The summed E-state index contributed by atoms with van der Waals surface area (Å²) in [5, 5.41) is 6.54. The van der Waals surface area contributed by atoms with E-state index in [0.717, 1.165) is 30.6 Å². The number of halogens is 1. The Bertz CT molecular complexity index is 796. The molecule has 26 heavy (non-hydrogen) atoms. The van der Waals surface area contributed by atoms with Crippen molar-refractivity contribution >= 4 is 29.1 Å². The molecule has 7 heteroatoms. The highest BCUT2D eigenvalue weighted by molar-refractivity contribution is 6.34. The number of nitrogens with zero attached hydrogens (tertiary/aromatic N) is 2. The third-order valence-corrected chi connectivity index (χ3v) is 4.57. The van der Waals surface area contributed by atoms with Crippen LogP contribution in [0.25, 0.3) is 0 Å². The number of carbonyl (C=O) groups is 1. The van der Waals surface area contributed by atoms with Crippen LogP contribution in [0.2, 0.25) is 5.02 Å². The Morgan fingerprint density at radius 2 is 2.08 bits per heavy atom. The van der Waals surface area contributed by atoms with Gasteiger partial charge in [-0.05, 0) is 56.9 Å². The zero-order valence-electron chi connectivity index (χ0n) is 15.2. The minimum Gasteiger partial charge on any atom is -0.376 e. The number of nitrogens with one attached hydrogen (secondary N) is 2. The zero-order chi connectivity index (χ0) is 18.7.